The number of halogens is 1. The maximum atomic E-state index is 12.9. The topological polar surface area (TPSA) is 67.9 Å². The van der Waals surface area contributed by atoms with Gasteiger partial charge >= 0.3 is 0 Å². The molecular formula is C19H25BrN2O4S. The highest BCUT2D eigenvalue weighted by molar-refractivity contribution is 9.10. The van der Waals surface area contributed by atoms with Gasteiger partial charge in [-0.25, -0.2) is 13.1 Å². The van der Waals surface area contributed by atoms with Crippen molar-refractivity contribution in [2.45, 2.75) is 17.9 Å². The van der Waals surface area contributed by atoms with E-state index in [1.165, 1.54) is 20.3 Å². The summed E-state index contributed by atoms with van der Waals surface area (Å²) in [6.07, 6.45) is 0. The normalized spacial score (nSPS) is 12.9. The number of rotatable bonds is 8. The summed E-state index contributed by atoms with van der Waals surface area (Å²) < 4.78 is 39.3. The fourth-order valence-corrected chi connectivity index (χ4v) is 4.77. The second-order valence-electron chi connectivity index (χ2n) is 6.38. The summed E-state index contributed by atoms with van der Waals surface area (Å²) in [5, 5.41) is 0. The molecule has 0 aliphatic carbocycles. The molecule has 27 heavy (non-hydrogen) atoms. The quantitative estimate of drug-likeness (QED) is 0.659. The molecule has 1 unspecified atom stereocenters. The number of sulfonamides is 1. The third kappa shape index (κ3) is 5.22. The number of aryl methyl sites for hydroxylation is 1. The molecule has 0 fully saturated rings. The molecule has 0 aliphatic rings. The van der Waals surface area contributed by atoms with Crippen LogP contribution in [0.1, 0.15) is 17.2 Å². The van der Waals surface area contributed by atoms with Crippen molar-refractivity contribution in [3.63, 3.8) is 0 Å². The number of nitrogens with one attached hydrogen (secondary N) is 1. The van der Waals surface area contributed by atoms with E-state index in [0.29, 0.717) is 16.0 Å². The second-order valence-corrected chi connectivity index (χ2v) is 8.97. The lowest BCUT2D eigenvalue weighted by Gasteiger charge is -2.25. The van der Waals surface area contributed by atoms with Crippen LogP contribution in [0.25, 0.3) is 0 Å². The van der Waals surface area contributed by atoms with Crippen molar-refractivity contribution in [1.29, 1.82) is 0 Å². The van der Waals surface area contributed by atoms with Gasteiger partial charge in [-0.2, -0.15) is 0 Å². The molecule has 2 rings (SSSR count). The molecule has 0 saturated heterocycles. The molecule has 8 heteroatoms. The van der Waals surface area contributed by atoms with Crippen LogP contribution in [0.3, 0.4) is 0 Å². The van der Waals surface area contributed by atoms with E-state index in [0.717, 1.165) is 11.1 Å². The Bertz CT molecular complexity index is 883. The zero-order valence-corrected chi connectivity index (χ0v) is 18.5. The van der Waals surface area contributed by atoms with Gasteiger partial charge in [0.2, 0.25) is 10.0 Å². The summed E-state index contributed by atoms with van der Waals surface area (Å²) in [6.45, 7) is 2.25. The first kappa shape index (κ1) is 21.7. The molecule has 148 valence electrons. The number of hydrogen-bond donors (Lipinski definition) is 1. The summed E-state index contributed by atoms with van der Waals surface area (Å²) in [4.78, 5) is 2.08. The molecule has 0 heterocycles. The summed E-state index contributed by atoms with van der Waals surface area (Å²) in [5.74, 6) is 0.804. The SMILES string of the molecule is COc1cc(Br)c(S(=O)(=O)NCC(c2ccc(C)cc2)N(C)C)cc1OC. The first-order chi connectivity index (χ1) is 12.7. The monoisotopic (exact) mass is 456 g/mol. The zero-order valence-electron chi connectivity index (χ0n) is 16.1. The summed E-state index contributed by atoms with van der Waals surface area (Å²) in [6, 6.07) is 11.0. The Labute approximate surface area is 169 Å². The average molecular weight is 457 g/mol. The third-order valence-corrected chi connectivity index (χ3v) is 6.66. The molecule has 0 aliphatic heterocycles. The highest BCUT2D eigenvalue weighted by Crippen LogP contribution is 2.35. The first-order valence-corrected chi connectivity index (χ1v) is 10.6. The minimum absolute atomic E-state index is 0.0979. The Morgan fingerprint density at radius 1 is 1.07 bits per heavy atom. The molecular weight excluding hydrogens is 432 g/mol. The Morgan fingerprint density at radius 3 is 2.15 bits per heavy atom. The second kappa shape index (κ2) is 9.05. The van der Waals surface area contributed by atoms with Crippen LogP contribution in [0.15, 0.2) is 45.8 Å². The van der Waals surface area contributed by atoms with Crippen LogP contribution in [-0.4, -0.2) is 48.2 Å². The van der Waals surface area contributed by atoms with E-state index >= 15 is 0 Å². The van der Waals surface area contributed by atoms with Crippen LogP contribution in [0.5, 0.6) is 11.5 Å². The molecule has 0 radical (unpaired) electrons. The molecule has 0 aromatic heterocycles. The van der Waals surface area contributed by atoms with Crippen LogP contribution in [0.4, 0.5) is 0 Å². The Balaban J connectivity index is 2.28. The summed E-state index contributed by atoms with van der Waals surface area (Å²) in [5.41, 5.74) is 2.20. The van der Waals surface area contributed by atoms with E-state index in [1.807, 2.05) is 50.2 Å². The number of likely N-dealkylation sites (N-methyl/N-ethyl adjacent to an activating group) is 1. The first-order valence-electron chi connectivity index (χ1n) is 8.33. The Hall–Kier alpha value is -1.61. The van der Waals surface area contributed by atoms with Crippen LogP contribution in [0, 0.1) is 6.92 Å². The van der Waals surface area contributed by atoms with E-state index in [1.54, 1.807) is 6.07 Å². The standard InChI is InChI=1S/C19H25BrN2O4S/c1-13-6-8-14(9-7-13)16(22(2)3)12-21-27(23,24)19-11-18(26-5)17(25-4)10-15(19)20/h6-11,16,21H,12H2,1-5H3. The fourth-order valence-electron chi connectivity index (χ4n) is 2.70. The van der Waals surface area contributed by atoms with Crippen molar-refractivity contribution >= 4 is 26.0 Å². The molecule has 1 N–H and O–H groups in total. The minimum atomic E-state index is -3.75. The largest absolute Gasteiger partial charge is 0.493 e. The van der Waals surface area contributed by atoms with Crippen molar-refractivity contribution in [2.75, 3.05) is 34.9 Å². The van der Waals surface area contributed by atoms with E-state index in [9.17, 15) is 8.42 Å². The highest BCUT2D eigenvalue weighted by Gasteiger charge is 2.23. The molecule has 0 amide bonds. The lowest BCUT2D eigenvalue weighted by Crippen LogP contribution is -2.34. The predicted molar refractivity (Wildman–Crippen MR) is 110 cm³/mol. The molecule has 0 spiro atoms. The van der Waals surface area contributed by atoms with Gasteiger partial charge in [-0.3, -0.25) is 0 Å². The van der Waals surface area contributed by atoms with Crippen molar-refractivity contribution in [3.05, 3.63) is 52.0 Å². The molecule has 2 aromatic rings. The van der Waals surface area contributed by atoms with E-state index in [-0.39, 0.29) is 17.5 Å². The Kier molecular flexibility index (Phi) is 7.27. The van der Waals surface area contributed by atoms with E-state index in [2.05, 4.69) is 20.7 Å². The minimum Gasteiger partial charge on any atom is -0.493 e. The molecule has 0 saturated carbocycles. The van der Waals surface area contributed by atoms with Gasteiger partial charge in [-0.1, -0.05) is 29.8 Å². The molecule has 2 aromatic carbocycles. The predicted octanol–water partition coefficient (Wildman–Crippen LogP) is 3.36. The molecule has 0 bridgehead atoms. The smallest absolute Gasteiger partial charge is 0.241 e. The van der Waals surface area contributed by atoms with Crippen LogP contribution < -0.4 is 14.2 Å². The summed E-state index contributed by atoms with van der Waals surface area (Å²) >= 11 is 3.31. The number of hydrogen-bond acceptors (Lipinski definition) is 5. The van der Waals surface area contributed by atoms with Crippen LogP contribution in [0.2, 0.25) is 0 Å². The number of methoxy groups -OCH3 is 2. The van der Waals surface area contributed by atoms with Crippen molar-refractivity contribution < 1.29 is 17.9 Å². The van der Waals surface area contributed by atoms with Gasteiger partial charge in [0, 0.05) is 23.1 Å². The molecule has 6 nitrogen and oxygen atoms in total. The fraction of sp³-hybridized carbons (Fsp3) is 0.368. The van der Waals surface area contributed by atoms with Crippen LogP contribution >= 0.6 is 15.9 Å². The summed E-state index contributed by atoms with van der Waals surface area (Å²) in [7, 11) is 3.06. The van der Waals surface area contributed by atoms with E-state index < -0.39 is 10.0 Å². The number of ether oxygens (including phenoxy) is 2. The van der Waals surface area contributed by atoms with Gasteiger partial charge in [-0.05, 0) is 48.6 Å². The van der Waals surface area contributed by atoms with Gasteiger partial charge in [0.05, 0.1) is 14.2 Å². The maximum Gasteiger partial charge on any atom is 0.241 e. The number of nitrogens with zero attached hydrogens (tertiary/aromatic N) is 1. The van der Waals surface area contributed by atoms with Gasteiger partial charge in [0.1, 0.15) is 4.90 Å². The third-order valence-electron chi connectivity index (χ3n) is 4.28. The zero-order chi connectivity index (χ0) is 20.2. The molecule has 1 atom stereocenters. The van der Waals surface area contributed by atoms with Gasteiger partial charge in [0.15, 0.2) is 11.5 Å². The number of benzene rings is 2. The van der Waals surface area contributed by atoms with Gasteiger partial charge < -0.3 is 14.4 Å². The highest BCUT2D eigenvalue weighted by atomic mass is 79.9. The maximum absolute atomic E-state index is 12.9. The Morgan fingerprint density at radius 2 is 1.63 bits per heavy atom. The lowest BCUT2D eigenvalue weighted by molar-refractivity contribution is 0.299. The van der Waals surface area contributed by atoms with Crippen LogP contribution in [-0.2, 0) is 10.0 Å². The van der Waals surface area contributed by atoms with Crippen molar-refractivity contribution in [1.82, 2.24) is 9.62 Å². The van der Waals surface area contributed by atoms with Crippen molar-refractivity contribution in [3.8, 4) is 11.5 Å². The van der Waals surface area contributed by atoms with Gasteiger partial charge in [0.25, 0.3) is 0 Å². The average Bonchev–Trinajstić information content (AvgIpc) is 2.62. The van der Waals surface area contributed by atoms with Gasteiger partial charge in [-0.15, -0.1) is 0 Å². The lowest BCUT2D eigenvalue weighted by atomic mass is 10.0. The van der Waals surface area contributed by atoms with E-state index in [4.69, 9.17) is 9.47 Å². The van der Waals surface area contributed by atoms with Crippen molar-refractivity contribution in [2.24, 2.45) is 0 Å².